The molecule has 0 saturated carbocycles. The highest BCUT2D eigenvalue weighted by Crippen LogP contribution is 2.04. The minimum atomic E-state index is -1.63. The van der Waals surface area contributed by atoms with Crippen LogP contribution in [0.1, 0.15) is 23.0 Å². The number of rotatable bonds is 3. The summed E-state index contributed by atoms with van der Waals surface area (Å²) in [5.41, 5.74) is 0.920. The van der Waals surface area contributed by atoms with Crippen LogP contribution in [0.15, 0.2) is 12.3 Å². The molecular formula is C9H12BNO4. The van der Waals surface area contributed by atoms with Crippen molar-refractivity contribution in [1.29, 1.82) is 0 Å². The van der Waals surface area contributed by atoms with Crippen LogP contribution in [0.25, 0.3) is 0 Å². The number of carbonyl (C=O) groups is 1. The van der Waals surface area contributed by atoms with E-state index >= 15 is 0 Å². The summed E-state index contributed by atoms with van der Waals surface area (Å²) >= 11 is 0. The molecule has 0 radical (unpaired) electrons. The van der Waals surface area contributed by atoms with Crippen molar-refractivity contribution in [1.82, 2.24) is 4.98 Å². The third-order valence-electron chi connectivity index (χ3n) is 1.90. The Morgan fingerprint density at radius 2 is 2.27 bits per heavy atom. The first-order chi connectivity index (χ1) is 7.06. The number of esters is 1. The molecule has 0 aliphatic rings. The predicted molar refractivity (Wildman–Crippen MR) is 54.8 cm³/mol. The topological polar surface area (TPSA) is 79.7 Å². The van der Waals surface area contributed by atoms with Crippen molar-refractivity contribution in [3.63, 3.8) is 0 Å². The Balaban J connectivity index is 3.05. The van der Waals surface area contributed by atoms with Gasteiger partial charge in [0, 0.05) is 11.7 Å². The van der Waals surface area contributed by atoms with Crippen LogP contribution >= 0.6 is 0 Å². The van der Waals surface area contributed by atoms with E-state index in [-0.39, 0.29) is 17.6 Å². The molecule has 0 bridgehead atoms. The molecule has 0 fully saturated rings. The fraction of sp³-hybridized carbons (Fsp3) is 0.333. The van der Waals surface area contributed by atoms with E-state index in [0.29, 0.717) is 5.69 Å². The maximum absolute atomic E-state index is 11.4. The monoisotopic (exact) mass is 209 g/mol. The molecule has 5 nitrogen and oxygen atoms in total. The summed E-state index contributed by atoms with van der Waals surface area (Å²) in [5.74, 6) is -0.509. The van der Waals surface area contributed by atoms with Crippen LogP contribution in [0.2, 0.25) is 0 Å². The zero-order valence-electron chi connectivity index (χ0n) is 8.60. The summed E-state index contributed by atoms with van der Waals surface area (Å²) in [6.07, 6.45) is 1.31. The second kappa shape index (κ2) is 4.90. The average Bonchev–Trinajstić information content (AvgIpc) is 2.18. The molecule has 0 aromatic carbocycles. The molecule has 1 aromatic rings. The first-order valence-electron chi connectivity index (χ1n) is 4.56. The van der Waals surface area contributed by atoms with Crippen LogP contribution in [-0.2, 0) is 4.74 Å². The van der Waals surface area contributed by atoms with Crippen molar-refractivity contribution in [2.75, 3.05) is 6.61 Å². The highest BCUT2D eigenvalue weighted by Gasteiger charge is 2.17. The lowest BCUT2D eigenvalue weighted by Crippen LogP contribution is -2.31. The number of aryl methyl sites for hydroxylation is 1. The average molecular weight is 209 g/mol. The van der Waals surface area contributed by atoms with E-state index in [2.05, 4.69) is 4.98 Å². The Bertz CT molecular complexity index is 367. The van der Waals surface area contributed by atoms with Gasteiger partial charge >= 0.3 is 13.1 Å². The summed E-state index contributed by atoms with van der Waals surface area (Å²) in [4.78, 5) is 15.3. The SMILES string of the molecule is CCOC(=O)c1cc(B(O)O)cnc1C. The quantitative estimate of drug-likeness (QED) is 0.505. The zero-order valence-corrected chi connectivity index (χ0v) is 8.60. The predicted octanol–water partition coefficient (Wildman–Crippen LogP) is -0.753. The zero-order chi connectivity index (χ0) is 11.4. The molecule has 1 aromatic heterocycles. The Morgan fingerprint density at radius 1 is 1.60 bits per heavy atom. The van der Waals surface area contributed by atoms with Crippen molar-refractivity contribution < 1.29 is 19.6 Å². The van der Waals surface area contributed by atoms with Crippen LogP contribution in [0.4, 0.5) is 0 Å². The molecule has 1 rings (SSSR count). The molecule has 0 aliphatic heterocycles. The number of aromatic nitrogens is 1. The minimum absolute atomic E-state index is 0.170. The van der Waals surface area contributed by atoms with Crippen molar-refractivity contribution in [2.24, 2.45) is 0 Å². The van der Waals surface area contributed by atoms with Crippen molar-refractivity contribution in [3.05, 3.63) is 23.5 Å². The first-order valence-corrected chi connectivity index (χ1v) is 4.56. The highest BCUT2D eigenvalue weighted by molar-refractivity contribution is 6.58. The van der Waals surface area contributed by atoms with Gasteiger partial charge in [-0.05, 0) is 19.9 Å². The fourth-order valence-electron chi connectivity index (χ4n) is 1.11. The van der Waals surface area contributed by atoms with Crippen LogP contribution < -0.4 is 5.46 Å². The third kappa shape index (κ3) is 2.77. The summed E-state index contributed by atoms with van der Waals surface area (Å²) in [5, 5.41) is 17.8. The van der Waals surface area contributed by atoms with Gasteiger partial charge in [0.2, 0.25) is 0 Å². The molecule has 0 atom stereocenters. The summed E-state index contributed by atoms with van der Waals surface area (Å²) in [6, 6.07) is 1.37. The second-order valence-corrected chi connectivity index (χ2v) is 3.00. The lowest BCUT2D eigenvalue weighted by atomic mass is 9.81. The molecule has 0 amide bonds. The van der Waals surface area contributed by atoms with E-state index in [0.717, 1.165) is 0 Å². The van der Waals surface area contributed by atoms with Gasteiger partial charge in [-0.1, -0.05) is 0 Å². The van der Waals surface area contributed by atoms with Crippen molar-refractivity contribution in [2.45, 2.75) is 13.8 Å². The van der Waals surface area contributed by atoms with E-state index in [1.54, 1.807) is 13.8 Å². The Labute approximate surface area is 87.9 Å². The summed E-state index contributed by atoms with van der Waals surface area (Å²) in [6.45, 7) is 3.62. The van der Waals surface area contributed by atoms with Crippen LogP contribution in [0.5, 0.6) is 0 Å². The van der Waals surface area contributed by atoms with Gasteiger partial charge in [0.25, 0.3) is 0 Å². The van der Waals surface area contributed by atoms with E-state index in [4.69, 9.17) is 14.8 Å². The fourth-order valence-corrected chi connectivity index (χ4v) is 1.11. The molecule has 1 heterocycles. The Kier molecular flexibility index (Phi) is 3.82. The van der Waals surface area contributed by atoms with Gasteiger partial charge in [0.1, 0.15) is 0 Å². The van der Waals surface area contributed by atoms with Gasteiger partial charge in [-0.3, -0.25) is 4.98 Å². The normalized spacial score (nSPS) is 9.87. The number of pyridine rings is 1. The second-order valence-electron chi connectivity index (χ2n) is 3.00. The largest absolute Gasteiger partial charge is 0.490 e. The maximum Gasteiger partial charge on any atom is 0.490 e. The van der Waals surface area contributed by atoms with E-state index < -0.39 is 13.1 Å². The van der Waals surface area contributed by atoms with E-state index in [1.165, 1.54) is 12.3 Å². The number of hydrogen-bond acceptors (Lipinski definition) is 5. The lowest BCUT2D eigenvalue weighted by molar-refractivity contribution is 0.0525. The number of ether oxygens (including phenoxy) is 1. The first kappa shape index (κ1) is 11.7. The third-order valence-corrected chi connectivity index (χ3v) is 1.90. The molecule has 80 valence electrons. The van der Waals surface area contributed by atoms with Gasteiger partial charge in [-0.25, -0.2) is 4.79 Å². The minimum Gasteiger partial charge on any atom is -0.462 e. The number of carbonyl (C=O) groups excluding carboxylic acids is 1. The van der Waals surface area contributed by atoms with Gasteiger partial charge in [-0.2, -0.15) is 0 Å². The lowest BCUT2D eigenvalue weighted by Gasteiger charge is -2.06. The Hall–Kier alpha value is -1.40. The van der Waals surface area contributed by atoms with Crippen LogP contribution in [-0.4, -0.2) is 34.7 Å². The molecule has 0 saturated heterocycles. The highest BCUT2D eigenvalue weighted by atomic mass is 16.5. The summed E-state index contributed by atoms with van der Waals surface area (Å²) < 4.78 is 4.80. The summed E-state index contributed by atoms with van der Waals surface area (Å²) in [7, 11) is -1.63. The van der Waals surface area contributed by atoms with Gasteiger partial charge in [0.05, 0.1) is 17.9 Å². The molecule has 6 heteroatoms. The molecule has 0 unspecified atom stereocenters. The molecule has 2 N–H and O–H groups in total. The van der Waals surface area contributed by atoms with Gasteiger partial charge < -0.3 is 14.8 Å². The Morgan fingerprint density at radius 3 is 2.80 bits per heavy atom. The van der Waals surface area contributed by atoms with E-state index in [9.17, 15) is 4.79 Å². The smallest absolute Gasteiger partial charge is 0.462 e. The standard InChI is InChI=1S/C9H12BNO4/c1-3-15-9(12)8-4-7(10(13)14)5-11-6(8)2/h4-5,13-14H,3H2,1-2H3. The van der Waals surface area contributed by atoms with Crippen molar-refractivity contribution in [3.8, 4) is 0 Å². The number of nitrogens with zero attached hydrogens (tertiary/aromatic N) is 1. The van der Waals surface area contributed by atoms with E-state index in [1.807, 2.05) is 0 Å². The van der Waals surface area contributed by atoms with Crippen molar-refractivity contribution >= 4 is 18.6 Å². The van der Waals surface area contributed by atoms with Gasteiger partial charge in [-0.15, -0.1) is 0 Å². The van der Waals surface area contributed by atoms with Gasteiger partial charge in [0.15, 0.2) is 0 Å². The van der Waals surface area contributed by atoms with Crippen LogP contribution in [0, 0.1) is 6.92 Å². The molecule has 0 spiro atoms. The molecule has 0 aliphatic carbocycles. The molecular weight excluding hydrogens is 197 g/mol. The maximum atomic E-state index is 11.4. The molecule has 15 heavy (non-hydrogen) atoms. The number of hydrogen-bond donors (Lipinski definition) is 2. The van der Waals surface area contributed by atoms with Crippen LogP contribution in [0.3, 0.4) is 0 Å².